The maximum Gasteiger partial charge on any atom is 0.236 e. The second-order valence-electron chi connectivity index (χ2n) is 5.29. The minimum atomic E-state index is -0.255. The van der Waals surface area contributed by atoms with Gasteiger partial charge in [0.15, 0.2) is 0 Å². The number of carbonyl (C=O) groups is 2. The van der Waals surface area contributed by atoms with E-state index in [9.17, 15) is 9.59 Å². The minimum absolute atomic E-state index is 0.0434. The van der Waals surface area contributed by atoms with Gasteiger partial charge in [-0.05, 0) is 0 Å². The lowest BCUT2D eigenvalue weighted by molar-refractivity contribution is -0.857. The summed E-state index contributed by atoms with van der Waals surface area (Å²) in [6.45, 7) is 1.31. The van der Waals surface area contributed by atoms with E-state index in [1.165, 1.54) is 9.80 Å². The zero-order chi connectivity index (χ0) is 12.2. The van der Waals surface area contributed by atoms with E-state index >= 15 is 0 Å². The number of ether oxygens (including phenoxy) is 1. The number of amides is 2. The molecule has 1 N–H and O–H groups in total. The Bertz CT molecular complexity index is 375. The Balaban J connectivity index is 1.78. The highest BCUT2D eigenvalue weighted by Gasteiger charge is 2.60. The molecule has 5 nitrogen and oxygen atoms in total. The van der Waals surface area contributed by atoms with Crippen molar-refractivity contribution in [3.05, 3.63) is 12.2 Å². The number of nitrogens with zero attached hydrogens (tertiary/aromatic N) is 1. The average Bonchev–Trinajstić information content (AvgIpc) is 2.92. The molecule has 4 atom stereocenters. The summed E-state index contributed by atoms with van der Waals surface area (Å²) in [7, 11) is 4.03. The first-order valence-corrected chi connectivity index (χ1v) is 6.07. The normalized spacial score (nSPS) is 38.6. The van der Waals surface area contributed by atoms with Crippen LogP contribution in [-0.4, -0.2) is 56.1 Å². The van der Waals surface area contributed by atoms with Gasteiger partial charge in [0.2, 0.25) is 11.8 Å². The number of carbonyl (C=O) groups excluding carboxylic acids is 2. The molecule has 2 saturated heterocycles. The summed E-state index contributed by atoms with van der Waals surface area (Å²) in [5.41, 5.74) is 0. The standard InChI is InChI=1S/C12H16N2O3/c1-13(2)5-6-14-11(15)9-7-3-4-8(17-7)10(9)12(14)16/h3-4,7-10H,5-6H2,1-2H3/p+1. The third-order valence-corrected chi connectivity index (χ3v) is 3.84. The van der Waals surface area contributed by atoms with Crippen molar-refractivity contribution in [3.63, 3.8) is 0 Å². The molecule has 0 radical (unpaired) electrons. The van der Waals surface area contributed by atoms with Gasteiger partial charge >= 0.3 is 0 Å². The van der Waals surface area contributed by atoms with Crippen molar-refractivity contribution in [1.82, 2.24) is 4.90 Å². The van der Waals surface area contributed by atoms with E-state index in [0.717, 1.165) is 6.54 Å². The maximum atomic E-state index is 12.2. The smallest absolute Gasteiger partial charge is 0.236 e. The summed E-state index contributed by atoms with van der Waals surface area (Å²) in [6, 6.07) is 0. The molecule has 5 heteroatoms. The fourth-order valence-corrected chi connectivity index (χ4v) is 2.92. The lowest BCUT2D eigenvalue weighted by Gasteiger charge is -2.18. The zero-order valence-electron chi connectivity index (χ0n) is 10.1. The Hall–Kier alpha value is -1.20. The average molecular weight is 237 g/mol. The monoisotopic (exact) mass is 237 g/mol. The molecule has 3 aliphatic rings. The van der Waals surface area contributed by atoms with Crippen LogP contribution in [0.25, 0.3) is 0 Å². The number of fused-ring (bicyclic) bond motifs is 5. The number of likely N-dealkylation sites (N-methyl/N-ethyl adjacent to an activating group) is 1. The molecule has 92 valence electrons. The molecule has 3 aliphatic heterocycles. The predicted octanol–water partition coefficient (Wildman–Crippen LogP) is -1.93. The summed E-state index contributed by atoms with van der Waals surface area (Å²) >= 11 is 0. The van der Waals surface area contributed by atoms with E-state index in [0.29, 0.717) is 6.54 Å². The van der Waals surface area contributed by atoms with Crippen molar-refractivity contribution in [1.29, 1.82) is 0 Å². The van der Waals surface area contributed by atoms with Gasteiger partial charge in [0.05, 0.1) is 51.2 Å². The quantitative estimate of drug-likeness (QED) is 0.459. The summed E-state index contributed by atoms with van der Waals surface area (Å²) in [5, 5.41) is 0. The van der Waals surface area contributed by atoms with E-state index in [-0.39, 0.29) is 35.9 Å². The number of quaternary nitrogens is 1. The van der Waals surface area contributed by atoms with Crippen LogP contribution >= 0.6 is 0 Å². The van der Waals surface area contributed by atoms with E-state index < -0.39 is 0 Å². The first-order valence-electron chi connectivity index (χ1n) is 6.07. The number of nitrogens with one attached hydrogen (secondary N) is 1. The molecule has 0 aliphatic carbocycles. The van der Waals surface area contributed by atoms with Crippen LogP contribution in [-0.2, 0) is 14.3 Å². The van der Waals surface area contributed by atoms with Crippen LogP contribution in [0.1, 0.15) is 0 Å². The molecule has 0 aromatic heterocycles. The van der Waals surface area contributed by atoms with E-state index in [1.807, 2.05) is 26.2 Å². The third kappa shape index (κ3) is 1.46. The summed E-state index contributed by atoms with van der Waals surface area (Å²) in [4.78, 5) is 27.0. The SMILES string of the molecule is C[NH+](C)CCN1C(=O)C2C3C=CC(O3)C2C1=O. The Kier molecular flexibility index (Phi) is 2.34. The van der Waals surface area contributed by atoms with Crippen LogP contribution in [0.4, 0.5) is 0 Å². The highest BCUT2D eigenvalue weighted by Crippen LogP contribution is 2.44. The van der Waals surface area contributed by atoms with Crippen molar-refractivity contribution in [3.8, 4) is 0 Å². The van der Waals surface area contributed by atoms with Gasteiger partial charge in [-0.15, -0.1) is 0 Å². The number of imide groups is 1. The van der Waals surface area contributed by atoms with Gasteiger partial charge in [0.25, 0.3) is 0 Å². The highest BCUT2D eigenvalue weighted by atomic mass is 16.5. The third-order valence-electron chi connectivity index (χ3n) is 3.84. The predicted molar refractivity (Wildman–Crippen MR) is 59.2 cm³/mol. The van der Waals surface area contributed by atoms with Crippen LogP contribution in [0.3, 0.4) is 0 Å². The molecule has 2 fully saturated rings. The summed E-state index contributed by atoms with van der Waals surface area (Å²) < 4.78 is 5.57. The number of hydrogen-bond donors (Lipinski definition) is 1. The van der Waals surface area contributed by atoms with Gasteiger partial charge in [-0.3, -0.25) is 14.5 Å². The second kappa shape index (κ2) is 3.65. The molecule has 2 bridgehead atoms. The first kappa shape index (κ1) is 10.9. The van der Waals surface area contributed by atoms with E-state index in [2.05, 4.69) is 0 Å². The van der Waals surface area contributed by atoms with Crippen molar-refractivity contribution < 1.29 is 19.2 Å². The Morgan fingerprint density at radius 1 is 1.18 bits per heavy atom. The molecule has 0 aromatic rings. The van der Waals surface area contributed by atoms with E-state index in [1.54, 1.807) is 0 Å². The van der Waals surface area contributed by atoms with Crippen LogP contribution in [0.15, 0.2) is 12.2 Å². The van der Waals surface area contributed by atoms with Crippen molar-refractivity contribution in [2.45, 2.75) is 12.2 Å². The number of rotatable bonds is 3. The summed E-state index contributed by atoms with van der Waals surface area (Å²) in [5.74, 6) is -0.597. The molecule has 17 heavy (non-hydrogen) atoms. The molecule has 0 aromatic carbocycles. The lowest BCUT2D eigenvalue weighted by Crippen LogP contribution is -3.06. The maximum absolute atomic E-state index is 12.2. The molecule has 3 rings (SSSR count). The topological polar surface area (TPSA) is 51.1 Å². The van der Waals surface area contributed by atoms with E-state index in [4.69, 9.17) is 4.74 Å². The Morgan fingerprint density at radius 2 is 1.71 bits per heavy atom. The van der Waals surface area contributed by atoms with Crippen LogP contribution in [0.5, 0.6) is 0 Å². The number of likely N-dealkylation sites (tertiary alicyclic amines) is 1. The largest absolute Gasteiger partial charge is 0.365 e. The van der Waals surface area contributed by atoms with Crippen LogP contribution < -0.4 is 4.90 Å². The van der Waals surface area contributed by atoms with Gasteiger partial charge in [0, 0.05) is 0 Å². The summed E-state index contributed by atoms with van der Waals surface area (Å²) in [6.07, 6.45) is 3.49. The molecule has 0 spiro atoms. The van der Waals surface area contributed by atoms with Gasteiger partial charge in [0.1, 0.15) is 0 Å². The Labute approximate surface area is 100 Å². The minimum Gasteiger partial charge on any atom is -0.365 e. The molecule has 0 saturated carbocycles. The molecule has 3 heterocycles. The van der Waals surface area contributed by atoms with Crippen LogP contribution in [0.2, 0.25) is 0 Å². The van der Waals surface area contributed by atoms with Gasteiger partial charge in [-0.2, -0.15) is 0 Å². The fourth-order valence-electron chi connectivity index (χ4n) is 2.92. The second-order valence-corrected chi connectivity index (χ2v) is 5.29. The molecule has 4 unspecified atom stereocenters. The molecular weight excluding hydrogens is 220 g/mol. The van der Waals surface area contributed by atoms with Crippen LogP contribution in [0, 0.1) is 11.8 Å². The molecular formula is C12H17N2O3+. The van der Waals surface area contributed by atoms with Gasteiger partial charge in [-0.25, -0.2) is 0 Å². The Morgan fingerprint density at radius 3 is 2.18 bits per heavy atom. The lowest BCUT2D eigenvalue weighted by atomic mass is 9.85. The van der Waals surface area contributed by atoms with Crippen molar-refractivity contribution in [2.75, 3.05) is 27.2 Å². The van der Waals surface area contributed by atoms with Crippen molar-refractivity contribution in [2.24, 2.45) is 11.8 Å². The highest BCUT2D eigenvalue weighted by molar-refractivity contribution is 6.06. The number of hydrogen-bond acceptors (Lipinski definition) is 3. The van der Waals surface area contributed by atoms with Gasteiger partial charge in [-0.1, -0.05) is 12.2 Å². The van der Waals surface area contributed by atoms with Gasteiger partial charge < -0.3 is 9.64 Å². The zero-order valence-corrected chi connectivity index (χ0v) is 10.1. The van der Waals surface area contributed by atoms with Crippen molar-refractivity contribution >= 4 is 11.8 Å². The molecule has 2 amide bonds. The first-order chi connectivity index (χ1) is 8.09. The fraction of sp³-hybridized carbons (Fsp3) is 0.667.